The SMILES string of the molecule is C[C@@H]1C[C@H]2[C@@H]3CCC4=CC(=O)C=C[C@]4(C)[C@@]3(F)[C@@H](O)C[C@]2(C)[C@]1(O)C(=O)COC(=O)c1cccc(S(=O)(=O)O)c1. The molecule has 1 aromatic carbocycles. The van der Waals surface area contributed by atoms with E-state index in [2.05, 4.69) is 0 Å². The second-order valence-electron chi connectivity index (χ2n) is 12.2. The van der Waals surface area contributed by atoms with Gasteiger partial charge in [0.1, 0.15) is 5.60 Å². The van der Waals surface area contributed by atoms with E-state index in [0.29, 0.717) is 24.8 Å². The molecular formula is C29H33FO9S. The molecule has 8 atom stereocenters. The fourth-order valence-electron chi connectivity index (χ4n) is 8.25. The molecule has 0 aliphatic heterocycles. The van der Waals surface area contributed by atoms with Gasteiger partial charge in [-0.2, -0.15) is 8.42 Å². The van der Waals surface area contributed by atoms with Gasteiger partial charge in [0, 0.05) is 16.7 Å². The molecule has 0 heterocycles. The second-order valence-corrected chi connectivity index (χ2v) is 13.6. The maximum Gasteiger partial charge on any atom is 0.338 e. The number of benzene rings is 1. The first-order valence-electron chi connectivity index (χ1n) is 13.3. The van der Waals surface area contributed by atoms with Crippen molar-refractivity contribution in [2.24, 2.45) is 28.6 Å². The lowest BCUT2D eigenvalue weighted by atomic mass is 9.44. The fraction of sp³-hybridized carbons (Fsp3) is 0.552. The van der Waals surface area contributed by atoms with Gasteiger partial charge >= 0.3 is 5.97 Å². The number of fused-ring (bicyclic) bond motifs is 5. The highest BCUT2D eigenvalue weighted by molar-refractivity contribution is 7.85. The van der Waals surface area contributed by atoms with Crippen LogP contribution in [0.3, 0.4) is 0 Å². The normalized spacial score (nSPS) is 40.5. The first-order chi connectivity index (χ1) is 18.5. The molecule has 4 aliphatic carbocycles. The number of aliphatic hydroxyl groups is 2. The van der Waals surface area contributed by atoms with Gasteiger partial charge in [0.25, 0.3) is 10.1 Å². The van der Waals surface area contributed by atoms with E-state index in [9.17, 15) is 37.6 Å². The van der Waals surface area contributed by atoms with Gasteiger partial charge in [-0.05, 0) is 74.8 Å². The summed E-state index contributed by atoms with van der Waals surface area (Å²) >= 11 is 0. The summed E-state index contributed by atoms with van der Waals surface area (Å²) in [6.07, 6.45) is 3.64. The molecule has 3 saturated carbocycles. The van der Waals surface area contributed by atoms with Crippen LogP contribution in [0.25, 0.3) is 0 Å². The van der Waals surface area contributed by atoms with Crippen LogP contribution in [0.4, 0.5) is 4.39 Å². The summed E-state index contributed by atoms with van der Waals surface area (Å²) in [5.74, 6) is -3.86. The standard InChI is InChI=1S/C29H33FO9S/c1-16-11-22-21-8-7-18-13-19(31)9-10-26(18,2)28(21,30)23(32)14-27(22,3)29(16,35)24(33)15-39-25(34)17-5-4-6-20(12-17)40(36,37)38/h4-6,9-10,12-13,16,21-23,32,35H,7-8,11,14-15H2,1-3H3,(H,36,37,38)/t16-,21+,22+,23+,26+,27+,28+,29-/m1/s1. The van der Waals surface area contributed by atoms with E-state index in [-0.39, 0.29) is 17.8 Å². The van der Waals surface area contributed by atoms with E-state index in [0.717, 1.165) is 12.1 Å². The number of hydrogen-bond acceptors (Lipinski definition) is 8. The van der Waals surface area contributed by atoms with Crippen molar-refractivity contribution in [1.29, 1.82) is 0 Å². The Morgan fingerprint density at radius 2 is 1.90 bits per heavy atom. The van der Waals surface area contributed by atoms with Crippen molar-refractivity contribution in [3.63, 3.8) is 0 Å². The number of carbonyl (C=O) groups excluding carboxylic acids is 3. The van der Waals surface area contributed by atoms with Gasteiger partial charge in [-0.3, -0.25) is 14.1 Å². The van der Waals surface area contributed by atoms with Crippen molar-refractivity contribution in [2.45, 2.75) is 68.7 Å². The molecule has 4 aliphatic rings. The number of halogens is 1. The van der Waals surface area contributed by atoms with Crippen molar-refractivity contribution < 1.29 is 46.7 Å². The van der Waals surface area contributed by atoms with Crippen molar-refractivity contribution in [1.82, 2.24) is 0 Å². The predicted octanol–water partition coefficient (Wildman–Crippen LogP) is 3.01. The van der Waals surface area contributed by atoms with Crippen LogP contribution in [0.5, 0.6) is 0 Å². The molecule has 0 aromatic heterocycles. The lowest BCUT2D eigenvalue weighted by molar-refractivity contribution is -0.219. The van der Waals surface area contributed by atoms with Crippen LogP contribution in [0.2, 0.25) is 0 Å². The second kappa shape index (κ2) is 9.14. The molecule has 0 spiro atoms. The lowest BCUT2D eigenvalue weighted by Crippen LogP contribution is -2.69. The highest BCUT2D eigenvalue weighted by atomic mass is 32.2. The molecule has 1 aromatic rings. The van der Waals surface area contributed by atoms with Gasteiger partial charge in [0.2, 0.25) is 5.78 Å². The Bertz CT molecular complexity index is 1470. The van der Waals surface area contributed by atoms with Crippen LogP contribution in [-0.4, -0.2) is 64.7 Å². The molecule has 216 valence electrons. The number of hydrogen-bond donors (Lipinski definition) is 3. The summed E-state index contributed by atoms with van der Waals surface area (Å²) in [7, 11) is -4.57. The molecule has 9 nitrogen and oxygen atoms in total. The third-order valence-corrected chi connectivity index (χ3v) is 11.2. The van der Waals surface area contributed by atoms with Crippen LogP contribution in [0.15, 0.2) is 53.0 Å². The lowest BCUT2D eigenvalue weighted by Gasteiger charge is -2.62. The Balaban J connectivity index is 1.41. The highest BCUT2D eigenvalue weighted by Gasteiger charge is 2.75. The van der Waals surface area contributed by atoms with Gasteiger partial charge in [0.15, 0.2) is 18.1 Å². The maximum atomic E-state index is 17.3. The summed E-state index contributed by atoms with van der Waals surface area (Å²) in [6, 6.07) is 4.48. The van der Waals surface area contributed by atoms with E-state index in [1.807, 2.05) is 0 Å². The average Bonchev–Trinajstić information content (AvgIpc) is 3.09. The number of alkyl halides is 1. The topological polar surface area (TPSA) is 155 Å². The van der Waals surface area contributed by atoms with Crippen molar-refractivity contribution >= 4 is 27.7 Å². The third-order valence-electron chi connectivity index (χ3n) is 10.3. The Morgan fingerprint density at radius 3 is 2.58 bits per heavy atom. The number of allylic oxidation sites excluding steroid dienone is 4. The number of ketones is 2. The molecular weight excluding hydrogens is 543 g/mol. The Morgan fingerprint density at radius 1 is 1.20 bits per heavy atom. The van der Waals surface area contributed by atoms with E-state index < -0.39 is 79.3 Å². The first-order valence-corrected chi connectivity index (χ1v) is 14.8. The Hall–Kier alpha value is -2.73. The number of carbonyl (C=O) groups is 3. The minimum Gasteiger partial charge on any atom is -0.454 e. The van der Waals surface area contributed by atoms with Crippen molar-refractivity contribution in [3.05, 3.63) is 53.6 Å². The van der Waals surface area contributed by atoms with E-state index in [1.54, 1.807) is 20.8 Å². The number of rotatable bonds is 5. The first kappa shape index (κ1) is 28.8. The van der Waals surface area contributed by atoms with Gasteiger partial charge in [0.05, 0.1) is 16.6 Å². The average molecular weight is 577 g/mol. The zero-order valence-electron chi connectivity index (χ0n) is 22.5. The zero-order chi connectivity index (χ0) is 29.5. The van der Waals surface area contributed by atoms with Gasteiger partial charge < -0.3 is 14.9 Å². The van der Waals surface area contributed by atoms with Crippen LogP contribution in [0, 0.1) is 28.6 Å². The highest BCUT2D eigenvalue weighted by Crippen LogP contribution is 2.70. The zero-order valence-corrected chi connectivity index (χ0v) is 23.3. The number of ether oxygens (including phenoxy) is 1. The van der Waals surface area contributed by atoms with Gasteiger partial charge in [-0.25, -0.2) is 9.18 Å². The summed E-state index contributed by atoms with van der Waals surface area (Å²) in [5, 5.41) is 23.4. The number of aliphatic hydroxyl groups excluding tert-OH is 1. The number of esters is 1. The summed E-state index contributed by atoms with van der Waals surface area (Å²) in [6.45, 7) is 4.22. The monoisotopic (exact) mass is 576 g/mol. The maximum absolute atomic E-state index is 17.3. The van der Waals surface area contributed by atoms with Gasteiger partial charge in [-0.15, -0.1) is 0 Å². The number of Topliss-reactive ketones (excluding diaryl/α,β-unsaturated/α-hetero) is 1. The molecule has 0 saturated heterocycles. The molecule has 5 rings (SSSR count). The molecule has 40 heavy (non-hydrogen) atoms. The minimum atomic E-state index is -4.57. The molecule has 0 radical (unpaired) electrons. The van der Waals surface area contributed by atoms with Crippen molar-refractivity contribution in [2.75, 3.05) is 6.61 Å². The largest absolute Gasteiger partial charge is 0.454 e. The molecule has 0 bridgehead atoms. The third kappa shape index (κ3) is 3.81. The predicted molar refractivity (Wildman–Crippen MR) is 139 cm³/mol. The summed E-state index contributed by atoms with van der Waals surface area (Å²) in [5.41, 5.74) is -6.17. The molecule has 3 fully saturated rings. The van der Waals surface area contributed by atoms with Crippen LogP contribution in [0.1, 0.15) is 56.8 Å². The minimum absolute atomic E-state index is 0.216. The van der Waals surface area contributed by atoms with Crippen LogP contribution in [-0.2, 0) is 24.4 Å². The fourth-order valence-corrected chi connectivity index (χ4v) is 8.77. The van der Waals surface area contributed by atoms with Crippen molar-refractivity contribution in [3.8, 4) is 0 Å². The Kier molecular flexibility index (Phi) is 6.58. The van der Waals surface area contributed by atoms with E-state index >= 15 is 4.39 Å². The Labute approximate surface area is 231 Å². The quantitative estimate of drug-likeness (QED) is 0.354. The van der Waals surface area contributed by atoms with Gasteiger partial charge in [-0.1, -0.05) is 31.6 Å². The molecule has 3 N–H and O–H groups in total. The van der Waals surface area contributed by atoms with E-state index in [1.165, 1.54) is 30.4 Å². The summed E-state index contributed by atoms with van der Waals surface area (Å²) in [4.78, 5) is 37.7. The molecule has 0 unspecified atom stereocenters. The van der Waals surface area contributed by atoms with Crippen LogP contribution < -0.4 is 0 Å². The van der Waals surface area contributed by atoms with Crippen LogP contribution >= 0.6 is 0 Å². The smallest absolute Gasteiger partial charge is 0.338 e. The summed E-state index contributed by atoms with van der Waals surface area (Å²) < 4.78 is 54.4. The van der Waals surface area contributed by atoms with E-state index in [4.69, 9.17) is 4.74 Å². The molecule has 11 heteroatoms. The molecule has 0 amide bonds.